The van der Waals surface area contributed by atoms with E-state index in [-0.39, 0.29) is 23.9 Å². The predicted molar refractivity (Wildman–Crippen MR) is 130 cm³/mol. The van der Waals surface area contributed by atoms with E-state index in [1.807, 2.05) is 37.3 Å². The van der Waals surface area contributed by atoms with Crippen molar-refractivity contribution < 1.29 is 22.8 Å². The van der Waals surface area contributed by atoms with E-state index in [0.717, 1.165) is 23.3 Å². The average Bonchev–Trinajstić information content (AvgIpc) is 3.02. The number of amides is 2. The lowest BCUT2D eigenvalue weighted by atomic mass is 10.1. The highest BCUT2D eigenvalue weighted by molar-refractivity contribution is 8.26. The maximum Gasteiger partial charge on any atom is 0.416 e. The standard InChI is InChI=1S/C24H23F3N2O2S2/c1-16-8-4-5-9-17(16)14-20-22(31)29(23(32)33-20)13-6-2-3-12-21(30)28-19-11-7-10-18(15-19)24(25,26)27/h4-5,7-11,14-15H,2-3,6,12-13H2,1H3,(H,28,30)/b20-14-. The molecule has 4 nitrogen and oxygen atoms in total. The monoisotopic (exact) mass is 492 g/mol. The van der Waals surface area contributed by atoms with Gasteiger partial charge in [0, 0.05) is 18.7 Å². The van der Waals surface area contributed by atoms with Crippen LogP contribution in [0.25, 0.3) is 6.08 Å². The van der Waals surface area contributed by atoms with E-state index in [0.29, 0.717) is 35.0 Å². The van der Waals surface area contributed by atoms with Gasteiger partial charge in [-0.05, 0) is 55.2 Å². The molecule has 0 spiro atoms. The second-order valence-corrected chi connectivity index (χ2v) is 9.30. The van der Waals surface area contributed by atoms with Crippen molar-refractivity contribution in [2.75, 3.05) is 11.9 Å². The Morgan fingerprint density at radius 2 is 1.88 bits per heavy atom. The minimum atomic E-state index is -4.46. The summed E-state index contributed by atoms with van der Waals surface area (Å²) in [6.07, 6.45) is -0.514. The molecule has 0 bridgehead atoms. The first-order chi connectivity index (χ1) is 15.6. The molecule has 3 rings (SSSR count). The fraction of sp³-hybridized carbons (Fsp3) is 0.292. The molecule has 2 aromatic rings. The third-order valence-corrected chi connectivity index (χ3v) is 6.49. The number of unbranched alkanes of at least 4 members (excludes halogenated alkanes) is 2. The van der Waals surface area contributed by atoms with E-state index in [4.69, 9.17) is 12.2 Å². The van der Waals surface area contributed by atoms with Gasteiger partial charge in [-0.2, -0.15) is 13.2 Å². The normalized spacial score (nSPS) is 15.4. The molecule has 1 aliphatic heterocycles. The van der Waals surface area contributed by atoms with E-state index in [1.54, 1.807) is 4.90 Å². The number of thiocarbonyl (C=S) groups is 1. The molecular formula is C24H23F3N2O2S2. The lowest BCUT2D eigenvalue weighted by Gasteiger charge is -2.14. The van der Waals surface area contributed by atoms with Gasteiger partial charge < -0.3 is 5.32 Å². The smallest absolute Gasteiger partial charge is 0.326 e. The van der Waals surface area contributed by atoms with Gasteiger partial charge in [0.15, 0.2) is 0 Å². The van der Waals surface area contributed by atoms with Crippen molar-refractivity contribution >= 4 is 51.9 Å². The number of carbonyl (C=O) groups is 2. The molecule has 174 valence electrons. The molecule has 1 saturated heterocycles. The molecule has 1 heterocycles. The Hall–Kier alpha value is -2.65. The number of thioether (sulfide) groups is 1. The van der Waals surface area contributed by atoms with Crippen LogP contribution in [0.4, 0.5) is 18.9 Å². The van der Waals surface area contributed by atoms with E-state index >= 15 is 0 Å². The SMILES string of the molecule is Cc1ccccc1/C=C1\SC(=S)N(CCCCCC(=O)Nc2cccc(C(F)(F)F)c2)C1=O. The van der Waals surface area contributed by atoms with Crippen LogP contribution in [-0.2, 0) is 15.8 Å². The fourth-order valence-corrected chi connectivity index (χ4v) is 4.61. The molecule has 0 unspecified atom stereocenters. The Labute approximate surface area is 200 Å². The minimum Gasteiger partial charge on any atom is -0.326 e. The van der Waals surface area contributed by atoms with Gasteiger partial charge in [0.2, 0.25) is 5.91 Å². The Balaban J connectivity index is 1.43. The fourth-order valence-electron chi connectivity index (χ4n) is 3.31. The molecule has 33 heavy (non-hydrogen) atoms. The third kappa shape index (κ3) is 6.91. The highest BCUT2D eigenvalue weighted by atomic mass is 32.2. The van der Waals surface area contributed by atoms with Gasteiger partial charge in [0.1, 0.15) is 4.32 Å². The van der Waals surface area contributed by atoms with E-state index < -0.39 is 11.7 Å². The number of nitrogens with one attached hydrogen (secondary N) is 1. The zero-order chi connectivity index (χ0) is 24.0. The summed E-state index contributed by atoms with van der Waals surface area (Å²) < 4.78 is 38.8. The Morgan fingerprint density at radius 3 is 2.61 bits per heavy atom. The van der Waals surface area contributed by atoms with Crippen molar-refractivity contribution in [2.45, 2.75) is 38.8 Å². The zero-order valence-corrected chi connectivity index (χ0v) is 19.6. The number of aryl methyl sites for hydroxylation is 1. The molecule has 2 aromatic carbocycles. The van der Waals surface area contributed by atoms with Gasteiger partial charge >= 0.3 is 6.18 Å². The van der Waals surface area contributed by atoms with Crippen LogP contribution >= 0.6 is 24.0 Å². The van der Waals surface area contributed by atoms with Crippen molar-refractivity contribution in [3.05, 3.63) is 70.1 Å². The molecule has 2 amide bonds. The quantitative estimate of drug-likeness (QED) is 0.263. The number of nitrogens with zero attached hydrogens (tertiary/aromatic N) is 1. The lowest BCUT2D eigenvalue weighted by Crippen LogP contribution is -2.29. The number of hydrogen-bond acceptors (Lipinski definition) is 4. The molecule has 1 aliphatic rings. The zero-order valence-electron chi connectivity index (χ0n) is 17.9. The van der Waals surface area contributed by atoms with Gasteiger partial charge in [-0.1, -0.05) is 60.7 Å². The van der Waals surface area contributed by atoms with Gasteiger partial charge in [-0.15, -0.1) is 0 Å². The second kappa shape index (κ2) is 11.0. The number of halogens is 3. The summed E-state index contributed by atoms with van der Waals surface area (Å²) >= 11 is 6.64. The van der Waals surface area contributed by atoms with Crippen LogP contribution in [0.3, 0.4) is 0 Å². The number of carbonyl (C=O) groups excluding carboxylic acids is 2. The van der Waals surface area contributed by atoms with Gasteiger partial charge in [0.05, 0.1) is 10.5 Å². The summed E-state index contributed by atoms with van der Waals surface area (Å²) in [6, 6.07) is 12.3. The maximum absolute atomic E-state index is 12.8. The molecule has 1 N–H and O–H groups in total. The molecule has 0 aliphatic carbocycles. The molecule has 0 aromatic heterocycles. The van der Waals surface area contributed by atoms with E-state index in [1.165, 1.54) is 23.9 Å². The Bertz CT molecular complexity index is 1080. The minimum absolute atomic E-state index is 0.115. The predicted octanol–water partition coefficient (Wildman–Crippen LogP) is 6.41. The Morgan fingerprint density at radius 1 is 1.12 bits per heavy atom. The number of benzene rings is 2. The van der Waals surface area contributed by atoms with Crippen molar-refractivity contribution in [1.29, 1.82) is 0 Å². The summed E-state index contributed by atoms with van der Waals surface area (Å²) in [4.78, 5) is 26.9. The number of rotatable bonds is 8. The molecule has 0 atom stereocenters. The third-order valence-electron chi connectivity index (χ3n) is 5.11. The first-order valence-corrected chi connectivity index (χ1v) is 11.7. The topological polar surface area (TPSA) is 49.4 Å². The highest BCUT2D eigenvalue weighted by Gasteiger charge is 2.32. The van der Waals surface area contributed by atoms with Crippen LogP contribution in [0.2, 0.25) is 0 Å². The summed E-state index contributed by atoms with van der Waals surface area (Å²) in [5, 5.41) is 2.50. The lowest BCUT2D eigenvalue weighted by molar-refractivity contribution is -0.137. The van der Waals surface area contributed by atoms with Crippen molar-refractivity contribution in [3.8, 4) is 0 Å². The van der Waals surface area contributed by atoms with Crippen LogP contribution in [0.15, 0.2) is 53.4 Å². The highest BCUT2D eigenvalue weighted by Crippen LogP contribution is 2.33. The second-order valence-electron chi connectivity index (χ2n) is 7.63. The van der Waals surface area contributed by atoms with Crippen LogP contribution in [0, 0.1) is 6.92 Å². The molecule has 0 radical (unpaired) electrons. The number of anilines is 1. The largest absolute Gasteiger partial charge is 0.416 e. The summed E-state index contributed by atoms with van der Waals surface area (Å²) in [5.41, 5.74) is 1.36. The van der Waals surface area contributed by atoms with Crippen LogP contribution in [0.5, 0.6) is 0 Å². The Kier molecular flexibility index (Phi) is 8.31. The number of hydrogen-bond donors (Lipinski definition) is 1. The van der Waals surface area contributed by atoms with Gasteiger partial charge in [0.25, 0.3) is 5.91 Å². The van der Waals surface area contributed by atoms with Crippen molar-refractivity contribution in [3.63, 3.8) is 0 Å². The molecular weight excluding hydrogens is 469 g/mol. The van der Waals surface area contributed by atoms with Crippen LogP contribution in [0.1, 0.15) is 42.4 Å². The molecule has 9 heteroatoms. The first-order valence-electron chi connectivity index (χ1n) is 10.4. The van der Waals surface area contributed by atoms with Crippen LogP contribution < -0.4 is 5.32 Å². The van der Waals surface area contributed by atoms with Crippen molar-refractivity contribution in [1.82, 2.24) is 4.90 Å². The van der Waals surface area contributed by atoms with Gasteiger partial charge in [-0.25, -0.2) is 0 Å². The first kappa shape index (κ1) is 25.0. The van der Waals surface area contributed by atoms with E-state index in [9.17, 15) is 22.8 Å². The maximum atomic E-state index is 12.8. The average molecular weight is 493 g/mol. The number of alkyl halides is 3. The van der Waals surface area contributed by atoms with E-state index in [2.05, 4.69) is 5.32 Å². The summed E-state index contributed by atoms with van der Waals surface area (Å²) in [7, 11) is 0. The van der Waals surface area contributed by atoms with Crippen LogP contribution in [-0.4, -0.2) is 27.6 Å². The van der Waals surface area contributed by atoms with Gasteiger partial charge in [-0.3, -0.25) is 14.5 Å². The summed E-state index contributed by atoms with van der Waals surface area (Å²) in [5.74, 6) is -0.461. The molecule has 1 fully saturated rings. The summed E-state index contributed by atoms with van der Waals surface area (Å²) in [6.45, 7) is 2.45. The van der Waals surface area contributed by atoms with Crippen molar-refractivity contribution in [2.24, 2.45) is 0 Å². The molecule has 0 saturated carbocycles.